The summed E-state index contributed by atoms with van der Waals surface area (Å²) in [5.74, 6) is 3.39. The van der Waals surface area contributed by atoms with E-state index in [2.05, 4.69) is 46.7 Å². The maximum atomic E-state index is 5.49. The molecule has 0 fully saturated rings. The van der Waals surface area contributed by atoms with E-state index in [1.54, 1.807) is 26.0 Å². The molecule has 0 unspecified atom stereocenters. The van der Waals surface area contributed by atoms with Crippen LogP contribution in [0, 0.1) is 0 Å². The fraction of sp³-hybridized carbons (Fsp3) is 0.364. The minimum absolute atomic E-state index is 0.171. The summed E-state index contributed by atoms with van der Waals surface area (Å²) in [6, 6.07) is 16.2. The SMILES string of the molecule is CC[C@H](c1nnc(SCc2ccccc2OC)n1-c1ccc(OC)cc1)N(C)C. The number of para-hydroxylation sites is 1. The maximum absolute atomic E-state index is 5.49. The lowest BCUT2D eigenvalue weighted by Crippen LogP contribution is -2.22. The van der Waals surface area contributed by atoms with Gasteiger partial charge >= 0.3 is 0 Å². The highest BCUT2D eigenvalue weighted by Gasteiger charge is 2.23. The van der Waals surface area contributed by atoms with Crippen molar-refractivity contribution in [1.29, 1.82) is 0 Å². The molecule has 0 aliphatic heterocycles. The lowest BCUT2D eigenvalue weighted by Gasteiger charge is -2.23. The molecule has 2 aromatic carbocycles. The summed E-state index contributed by atoms with van der Waals surface area (Å²) in [4.78, 5) is 2.18. The standard InChI is InChI=1S/C22H28N4O2S/c1-6-19(25(2)3)21-23-24-22(26(21)17-11-13-18(27-4)14-12-17)29-15-16-9-7-8-10-20(16)28-5/h7-14,19H,6,15H2,1-5H3/t19-/m1/s1. The maximum Gasteiger partial charge on any atom is 0.196 e. The summed E-state index contributed by atoms with van der Waals surface area (Å²) in [5, 5.41) is 9.96. The van der Waals surface area contributed by atoms with Gasteiger partial charge in [0.1, 0.15) is 11.5 Å². The number of nitrogens with zero attached hydrogens (tertiary/aromatic N) is 4. The van der Waals surface area contributed by atoms with Crippen molar-refractivity contribution in [3.05, 3.63) is 59.9 Å². The summed E-state index contributed by atoms with van der Waals surface area (Å²) in [6.07, 6.45) is 0.943. The molecule has 0 aliphatic carbocycles. The molecule has 3 aromatic rings. The number of rotatable bonds is 9. The first kappa shape index (κ1) is 21.2. The van der Waals surface area contributed by atoms with Gasteiger partial charge in [-0.2, -0.15) is 0 Å². The third-order valence-corrected chi connectivity index (χ3v) is 5.82. The van der Waals surface area contributed by atoms with Gasteiger partial charge in [0, 0.05) is 17.0 Å². The average Bonchev–Trinajstić information content (AvgIpc) is 3.16. The van der Waals surface area contributed by atoms with E-state index in [4.69, 9.17) is 9.47 Å². The highest BCUT2D eigenvalue weighted by molar-refractivity contribution is 7.98. The first-order valence-corrected chi connectivity index (χ1v) is 10.6. The molecule has 0 amide bonds. The van der Waals surface area contributed by atoms with Crippen LogP contribution in [0.5, 0.6) is 11.5 Å². The molecule has 29 heavy (non-hydrogen) atoms. The Hall–Kier alpha value is -2.51. The Labute approximate surface area is 176 Å². The number of aromatic nitrogens is 3. The minimum atomic E-state index is 0.171. The van der Waals surface area contributed by atoms with Gasteiger partial charge in [-0.25, -0.2) is 0 Å². The number of methoxy groups -OCH3 is 2. The lowest BCUT2D eigenvalue weighted by molar-refractivity contribution is 0.276. The third kappa shape index (κ3) is 4.74. The number of ether oxygens (including phenoxy) is 2. The van der Waals surface area contributed by atoms with Crippen LogP contribution in [0.1, 0.15) is 30.8 Å². The Morgan fingerprint density at radius 1 is 1.00 bits per heavy atom. The van der Waals surface area contributed by atoms with Crippen molar-refractivity contribution in [2.24, 2.45) is 0 Å². The molecule has 7 heteroatoms. The van der Waals surface area contributed by atoms with E-state index in [9.17, 15) is 0 Å². The molecule has 3 rings (SSSR count). The van der Waals surface area contributed by atoms with Crippen LogP contribution in [0.4, 0.5) is 0 Å². The third-order valence-electron chi connectivity index (χ3n) is 4.85. The largest absolute Gasteiger partial charge is 0.497 e. The summed E-state index contributed by atoms with van der Waals surface area (Å²) < 4.78 is 13.0. The van der Waals surface area contributed by atoms with Gasteiger partial charge in [-0.05, 0) is 50.8 Å². The molecule has 0 saturated heterocycles. The zero-order valence-electron chi connectivity index (χ0n) is 17.6. The highest BCUT2D eigenvalue weighted by atomic mass is 32.2. The van der Waals surface area contributed by atoms with Gasteiger partial charge in [0.25, 0.3) is 0 Å². The van der Waals surface area contributed by atoms with Crippen molar-refractivity contribution in [2.75, 3.05) is 28.3 Å². The van der Waals surface area contributed by atoms with Gasteiger partial charge < -0.3 is 9.47 Å². The van der Waals surface area contributed by atoms with Crippen LogP contribution >= 0.6 is 11.8 Å². The van der Waals surface area contributed by atoms with E-state index < -0.39 is 0 Å². The fourth-order valence-corrected chi connectivity index (χ4v) is 4.26. The van der Waals surface area contributed by atoms with E-state index in [1.807, 2.05) is 42.5 Å². The van der Waals surface area contributed by atoms with Crippen molar-refractivity contribution >= 4 is 11.8 Å². The van der Waals surface area contributed by atoms with Crippen molar-refractivity contribution in [2.45, 2.75) is 30.3 Å². The zero-order valence-corrected chi connectivity index (χ0v) is 18.4. The topological polar surface area (TPSA) is 52.4 Å². The van der Waals surface area contributed by atoms with Crippen LogP contribution in [-0.2, 0) is 5.75 Å². The Morgan fingerprint density at radius 2 is 1.72 bits per heavy atom. The first-order valence-electron chi connectivity index (χ1n) is 9.59. The van der Waals surface area contributed by atoms with Gasteiger partial charge in [0.15, 0.2) is 11.0 Å². The van der Waals surface area contributed by atoms with Crippen LogP contribution in [-0.4, -0.2) is 48.0 Å². The van der Waals surface area contributed by atoms with Crippen LogP contribution in [0.15, 0.2) is 53.7 Å². The second-order valence-electron chi connectivity index (χ2n) is 6.86. The normalized spacial score (nSPS) is 12.2. The predicted molar refractivity (Wildman–Crippen MR) is 117 cm³/mol. The molecular weight excluding hydrogens is 384 g/mol. The molecule has 1 heterocycles. The molecule has 0 N–H and O–H groups in total. The van der Waals surface area contributed by atoms with Gasteiger partial charge in [0.2, 0.25) is 0 Å². The zero-order chi connectivity index (χ0) is 20.8. The van der Waals surface area contributed by atoms with E-state index in [-0.39, 0.29) is 6.04 Å². The van der Waals surface area contributed by atoms with Crippen molar-refractivity contribution in [1.82, 2.24) is 19.7 Å². The quantitative estimate of drug-likeness (QED) is 0.479. The molecule has 0 spiro atoms. The Morgan fingerprint density at radius 3 is 2.34 bits per heavy atom. The summed E-state index contributed by atoms with van der Waals surface area (Å²) in [5.41, 5.74) is 2.15. The minimum Gasteiger partial charge on any atom is -0.497 e. The monoisotopic (exact) mass is 412 g/mol. The van der Waals surface area contributed by atoms with E-state index in [0.29, 0.717) is 0 Å². The fourth-order valence-electron chi connectivity index (χ4n) is 3.31. The number of thioether (sulfide) groups is 1. The summed E-state index contributed by atoms with van der Waals surface area (Å²) >= 11 is 1.65. The van der Waals surface area contributed by atoms with E-state index >= 15 is 0 Å². The molecule has 0 aliphatic rings. The van der Waals surface area contributed by atoms with Gasteiger partial charge in [-0.3, -0.25) is 9.47 Å². The van der Waals surface area contributed by atoms with Gasteiger partial charge in [0.05, 0.1) is 20.3 Å². The number of hydrogen-bond acceptors (Lipinski definition) is 6. The Bertz CT molecular complexity index is 925. The molecule has 1 aromatic heterocycles. The first-order chi connectivity index (χ1) is 14.1. The second kappa shape index (κ2) is 9.80. The van der Waals surface area contributed by atoms with Crippen molar-refractivity contribution in [3.63, 3.8) is 0 Å². The number of benzene rings is 2. The Balaban J connectivity index is 1.98. The van der Waals surface area contributed by atoms with Gasteiger partial charge in [-0.1, -0.05) is 36.9 Å². The van der Waals surface area contributed by atoms with E-state index in [0.717, 1.165) is 45.9 Å². The van der Waals surface area contributed by atoms with Gasteiger partial charge in [-0.15, -0.1) is 10.2 Å². The molecule has 154 valence electrons. The Kier molecular flexibility index (Phi) is 7.17. The molecule has 6 nitrogen and oxygen atoms in total. The summed E-state index contributed by atoms with van der Waals surface area (Å²) in [7, 11) is 7.52. The molecular formula is C22H28N4O2S. The summed E-state index contributed by atoms with van der Waals surface area (Å²) in [6.45, 7) is 2.17. The lowest BCUT2D eigenvalue weighted by atomic mass is 10.2. The smallest absolute Gasteiger partial charge is 0.196 e. The number of hydrogen-bond donors (Lipinski definition) is 0. The van der Waals surface area contributed by atoms with Crippen molar-refractivity contribution < 1.29 is 9.47 Å². The molecule has 1 atom stereocenters. The molecule has 0 saturated carbocycles. The van der Waals surface area contributed by atoms with Crippen molar-refractivity contribution in [3.8, 4) is 17.2 Å². The van der Waals surface area contributed by atoms with Crippen LogP contribution in [0.2, 0.25) is 0 Å². The van der Waals surface area contributed by atoms with Crippen LogP contribution in [0.3, 0.4) is 0 Å². The molecule has 0 radical (unpaired) electrons. The highest BCUT2D eigenvalue weighted by Crippen LogP contribution is 2.32. The van der Waals surface area contributed by atoms with Crippen LogP contribution < -0.4 is 9.47 Å². The van der Waals surface area contributed by atoms with Crippen LogP contribution in [0.25, 0.3) is 5.69 Å². The second-order valence-corrected chi connectivity index (χ2v) is 7.80. The predicted octanol–water partition coefficient (Wildman–Crippen LogP) is 4.59. The average molecular weight is 413 g/mol. The molecule has 0 bridgehead atoms. The van der Waals surface area contributed by atoms with E-state index in [1.165, 1.54) is 0 Å².